The first kappa shape index (κ1) is 11.2. The second-order valence-corrected chi connectivity index (χ2v) is 4.88. The van der Waals surface area contributed by atoms with Gasteiger partial charge in [-0.05, 0) is 18.2 Å². The van der Waals surface area contributed by atoms with Crippen molar-refractivity contribution in [2.24, 2.45) is 0 Å². The lowest BCUT2D eigenvalue weighted by Crippen LogP contribution is -2.18. The second kappa shape index (κ2) is 4.78. The van der Waals surface area contributed by atoms with Crippen molar-refractivity contribution in [2.75, 3.05) is 5.75 Å². The Kier molecular flexibility index (Phi) is 2.98. The third-order valence-corrected chi connectivity index (χ3v) is 3.73. The summed E-state index contributed by atoms with van der Waals surface area (Å²) in [5, 5.41) is 0. The highest BCUT2D eigenvalue weighted by Crippen LogP contribution is 2.39. The molecule has 0 saturated carbocycles. The van der Waals surface area contributed by atoms with Crippen molar-refractivity contribution in [3.63, 3.8) is 0 Å². The number of aldehydes is 1. The first-order chi connectivity index (χ1) is 8.86. The van der Waals surface area contributed by atoms with Crippen molar-refractivity contribution in [2.45, 2.75) is 11.0 Å². The van der Waals surface area contributed by atoms with E-state index in [-0.39, 0.29) is 6.10 Å². The molecule has 1 aromatic carbocycles. The molecule has 0 N–H and O–H groups in total. The van der Waals surface area contributed by atoms with Gasteiger partial charge in [0.2, 0.25) is 0 Å². The van der Waals surface area contributed by atoms with Crippen LogP contribution in [0.3, 0.4) is 0 Å². The lowest BCUT2D eigenvalue weighted by atomic mass is 10.3. The van der Waals surface area contributed by atoms with Crippen LogP contribution in [0, 0.1) is 0 Å². The van der Waals surface area contributed by atoms with Crippen molar-refractivity contribution < 1.29 is 9.53 Å². The SMILES string of the molecule is O=Cc1ccnc(C2CSc3ccccc3O2)n1. The third-order valence-electron chi connectivity index (χ3n) is 2.61. The molecule has 18 heavy (non-hydrogen) atoms. The Morgan fingerprint density at radius 3 is 3.11 bits per heavy atom. The minimum atomic E-state index is -0.204. The number of nitrogens with zero attached hydrogens (tertiary/aromatic N) is 2. The molecule has 1 unspecified atom stereocenters. The van der Waals surface area contributed by atoms with Gasteiger partial charge in [-0.25, -0.2) is 9.97 Å². The quantitative estimate of drug-likeness (QED) is 0.775. The Morgan fingerprint density at radius 1 is 1.33 bits per heavy atom. The standard InChI is InChI=1S/C13H10N2O2S/c16-7-9-5-6-14-13(15-9)11-8-18-12-4-2-1-3-10(12)17-11/h1-7,11H,8H2. The molecule has 4 nitrogen and oxygen atoms in total. The van der Waals surface area contributed by atoms with Gasteiger partial charge >= 0.3 is 0 Å². The van der Waals surface area contributed by atoms with E-state index in [0.717, 1.165) is 22.7 Å². The Labute approximate surface area is 108 Å². The normalized spacial score (nSPS) is 17.7. The van der Waals surface area contributed by atoms with Crippen LogP contribution in [0.1, 0.15) is 22.4 Å². The molecule has 5 heteroatoms. The van der Waals surface area contributed by atoms with E-state index in [4.69, 9.17) is 4.74 Å². The number of hydrogen-bond acceptors (Lipinski definition) is 5. The first-order valence-electron chi connectivity index (χ1n) is 5.53. The van der Waals surface area contributed by atoms with Crippen LogP contribution in [0.2, 0.25) is 0 Å². The van der Waals surface area contributed by atoms with Crippen molar-refractivity contribution in [1.82, 2.24) is 9.97 Å². The molecule has 1 aliphatic rings. The highest BCUT2D eigenvalue weighted by Gasteiger charge is 2.23. The maximum Gasteiger partial charge on any atom is 0.170 e. The van der Waals surface area contributed by atoms with Gasteiger partial charge in [0.25, 0.3) is 0 Å². The molecule has 1 aliphatic heterocycles. The summed E-state index contributed by atoms with van der Waals surface area (Å²) < 4.78 is 5.86. The van der Waals surface area contributed by atoms with E-state index in [0.29, 0.717) is 11.5 Å². The summed E-state index contributed by atoms with van der Waals surface area (Å²) in [6, 6.07) is 9.46. The van der Waals surface area contributed by atoms with Crippen molar-refractivity contribution in [1.29, 1.82) is 0 Å². The number of benzene rings is 1. The van der Waals surface area contributed by atoms with Gasteiger partial charge in [0.05, 0.1) is 0 Å². The average molecular weight is 258 g/mol. The van der Waals surface area contributed by atoms with E-state index >= 15 is 0 Å². The van der Waals surface area contributed by atoms with Gasteiger partial charge in [0.1, 0.15) is 11.4 Å². The maximum absolute atomic E-state index is 10.7. The molecule has 0 radical (unpaired) electrons. The molecule has 3 rings (SSSR count). The Balaban J connectivity index is 1.89. The third kappa shape index (κ3) is 2.09. The molecule has 2 aromatic rings. The molecular formula is C13H10N2O2S. The van der Waals surface area contributed by atoms with Crippen LogP contribution in [0.25, 0.3) is 0 Å². The molecule has 1 atom stereocenters. The predicted octanol–water partition coefficient (Wildman–Crippen LogP) is 2.51. The van der Waals surface area contributed by atoms with Gasteiger partial charge < -0.3 is 4.74 Å². The fourth-order valence-corrected chi connectivity index (χ4v) is 2.74. The monoisotopic (exact) mass is 258 g/mol. The second-order valence-electron chi connectivity index (χ2n) is 3.82. The van der Waals surface area contributed by atoms with Crippen molar-refractivity contribution in [3.05, 3.63) is 48.0 Å². The minimum absolute atomic E-state index is 0.204. The zero-order chi connectivity index (χ0) is 12.4. The highest BCUT2D eigenvalue weighted by molar-refractivity contribution is 7.99. The van der Waals surface area contributed by atoms with Crippen LogP contribution in [0.4, 0.5) is 0 Å². The number of carbonyl (C=O) groups is 1. The summed E-state index contributed by atoms with van der Waals surface area (Å²) in [5.74, 6) is 2.15. The summed E-state index contributed by atoms with van der Waals surface area (Å²) in [5.41, 5.74) is 0.382. The van der Waals surface area contributed by atoms with E-state index in [1.165, 1.54) is 0 Å². The summed E-state index contributed by atoms with van der Waals surface area (Å²) in [7, 11) is 0. The van der Waals surface area contributed by atoms with Crippen LogP contribution in [0.5, 0.6) is 5.75 Å². The van der Waals surface area contributed by atoms with E-state index < -0.39 is 0 Å². The molecule has 0 fully saturated rings. The topological polar surface area (TPSA) is 52.1 Å². The molecule has 90 valence electrons. The van der Waals surface area contributed by atoms with Gasteiger partial charge in [-0.3, -0.25) is 4.79 Å². The fraction of sp³-hybridized carbons (Fsp3) is 0.154. The molecule has 0 amide bonds. The number of hydrogen-bond donors (Lipinski definition) is 0. The largest absolute Gasteiger partial charge is 0.480 e. The molecule has 0 saturated heterocycles. The minimum Gasteiger partial charge on any atom is -0.480 e. The van der Waals surface area contributed by atoms with Gasteiger partial charge in [-0.2, -0.15) is 0 Å². The Hall–Kier alpha value is -1.88. The van der Waals surface area contributed by atoms with Crippen LogP contribution in [0.15, 0.2) is 41.4 Å². The fourth-order valence-electron chi connectivity index (χ4n) is 1.76. The van der Waals surface area contributed by atoms with E-state index in [2.05, 4.69) is 9.97 Å². The Morgan fingerprint density at radius 2 is 2.22 bits per heavy atom. The van der Waals surface area contributed by atoms with Crippen LogP contribution >= 0.6 is 11.8 Å². The number of carbonyl (C=O) groups excluding carboxylic acids is 1. The first-order valence-corrected chi connectivity index (χ1v) is 6.52. The van der Waals surface area contributed by atoms with Crippen molar-refractivity contribution >= 4 is 18.0 Å². The molecular weight excluding hydrogens is 248 g/mol. The molecule has 0 spiro atoms. The molecule has 2 heterocycles. The summed E-state index contributed by atoms with van der Waals surface area (Å²) in [4.78, 5) is 20.2. The number of ether oxygens (including phenoxy) is 1. The Bertz CT molecular complexity index is 589. The smallest absolute Gasteiger partial charge is 0.170 e. The van der Waals surface area contributed by atoms with Gasteiger partial charge in [0.15, 0.2) is 18.2 Å². The van der Waals surface area contributed by atoms with E-state index in [9.17, 15) is 4.79 Å². The lowest BCUT2D eigenvalue weighted by molar-refractivity contribution is 0.111. The van der Waals surface area contributed by atoms with Crippen LogP contribution in [-0.4, -0.2) is 22.0 Å². The lowest BCUT2D eigenvalue weighted by Gasteiger charge is -2.24. The zero-order valence-electron chi connectivity index (χ0n) is 9.45. The number of aromatic nitrogens is 2. The van der Waals surface area contributed by atoms with Gasteiger partial charge in [-0.15, -0.1) is 11.8 Å². The van der Waals surface area contributed by atoms with Crippen LogP contribution < -0.4 is 4.74 Å². The average Bonchev–Trinajstić information content (AvgIpc) is 2.47. The van der Waals surface area contributed by atoms with Crippen LogP contribution in [-0.2, 0) is 0 Å². The summed E-state index contributed by atoms with van der Waals surface area (Å²) >= 11 is 1.71. The van der Waals surface area contributed by atoms with Gasteiger partial charge in [0, 0.05) is 16.8 Å². The zero-order valence-corrected chi connectivity index (χ0v) is 10.3. The summed E-state index contributed by atoms with van der Waals surface area (Å²) in [6.07, 6.45) is 2.10. The number of thioether (sulfide) groups is 1. The van der Waals surface area contributed by atoms with Crippen molar-refractivity contribution in [3.8, 4) is 5.75 Å². The maximum atomic E-state index is 10.7. The number of rotatable bonds is 2. The summed E-state index contributed by atoms with van der Waals surface area (Å²) in [6.45, 7) is 0. The van der Waals surface area contributed by atoms with Gasteiger partial charge in [-0.1, -0.05) is 12.1 Å². The molecule has 0 bridgehead atoms. The van der Waals surface area contributed by atoms with E-state index in [1.54, 1.807) is 24.0 Å². The highest BCUT2D eigenvalue weighted by atomic mass is 32.2. The molecule has 1 aromatic heterocycles. The number of fused-ring (bicyclic) bond motifs is 1. The molecule has 0 aliphatic carbocycles. The van der Waals surface area contributed by atoms with E-state index in [1.807, 2.05) is 24.3 Å². The number of para-hydroxylation sites is 1. The predicted molar refractivity (Wildman–Crippen MR) is 68.0 cm³/mol.